The first kappa shape index (κ1) is 24.2. The topological polar surface area (TPSA) is 136 Å². The van der Waals surface area contributed by atoms with Crippen molar-refractivity contribution >= 4 is 17.1 Å². The van der Waals surface area contributed by atoms with Gasteiger partial charge >= 0.3 is 0 Å². The summed E-state index contributed by atoms with van der Waals surface area (Å²) in [6.45, 7) is 2.36. The molecule has 0 unspecified atom stereocenters. The Hall–Kier alpha value is -3.55. The van der Waals surface area contributed by atoms with Crippen LogP contribution in [-0.4, -0.2) is 60.7 Å². The highest BCUT2D eigenvalue weighted by Crippen LogP contribution is 2.49. The molecule has 10 heteroatoms. The average Bonchev–Trinajstić information content (AvgIpc) is 3.53. The summed E-state index contributed by atoms with van der Waals surface area (Å²) in [5.41, 5.74) is 1.31. The number of aromatic nitrogens is 3. The van der Waals surface area contributed by atoms with Gasteiger partial charge in [-0.3, -0.25) is 9.78 Å². The summed E-state index contributed by atoms with van der Waals surface area (Å²) >= 11 is 0. The first-order chi connectivity index (χ1) is 17.1. The van der Waals surface area contributed by atoms with Crippen LogP contribution in [0.15, 0.2) is 36.7 Å². The van der Waals surface area contributed by atoms with Gasteiger partial charge in [0.1, 0.15) is 12.2 Å². The lowest BCUT2D eigenvalue weighted by Crippen LogP contribution is -2.42. The molecule has 0 spiro atoms. The third-order valence-corrected chi connectivity index (χ3v) is 7.44. The Kier molecular flexibility index (Phi) is 5.93. The molecule has 2 bridgehead atoms. The van der Waals surface area contributed by atoms with Crippen molar-refractivity contribution in [1.29, 1.82) is 5.26 Å². The SMILES string of the molecule is CC(C)(O)[C@H](F)CNC(=O)c1cnc(-c2ccc3cc(C#N)cnn23)cc1N[C@@]12CC[C@@H](C1)[C@@H](O)C2. The number of nitriles is 1. The average molecular weight is 493 g/mol. The van der Waals surface area contributed by atoms with Crippen molar-refractivity contribution in [2.75, 3.05) is 11.9 Å². The van der Waals surface area contributed by atoms with Crippen LogP contribution in [0.25, 0.3) is 16.9 Å². The van der Waals surface area contributed by atoms with Crippen LogP contribution < -0.4 is 10.6 Å². The van der Waals surface area contributed by atoms with Gasteiger partial charge in [-0.15, -0.1) is 0 Å². The van der Waals surface area contributed by atoms with E-state index in [1.54, 1.807) is 16.6 Å². The highest BCUT2D eigenvalue weighted by Gasteiger charge is 2.50. The summed E-state index contributed by atoms with van der Waals surface area (Å²) in [7, 11) is 0. The van der Waals surface area contributed by atoms with Crippen LogP contribution in [0, 0.1) is 17.2 Å². The molecule has 0 radical (unpaired) electrons. The van der Waals surface area contributed by atoms with Gasteiger partial charge in [0.2, 0.25) is 0 Å². The van der Waals surface area contributed by atoms with Gasteiger partial charge in [0, 0.05) is 11.7 Å². The van der Waals surface area contributed by atoms with Crippen molar-refractivity contribution in [3.8, 4) is 17.5 Å². The van der Waals surface area contributed by atoms with Crippen LogP contribution >= 0.6 is 0 Å². The van der Waals surface area contributed by atoms with Crippen LogP contribution in [0.3, 0.4) is 0 Å². The number of carbonyl (C=O) groups is 1. The zero-order valence-corrected chi connectivity index (χ0v) is 20.2. The zero-order valence-electron chi connectivity index (χ0n) is 20.2. The van der Waals surface area contributed by atoms with Gasteiger partial charge in [0.15, 0.2) is 0 Å². The predicted molar refractivity (Wildman–Crippen MR) is 131 cm³/mol. The van der Waals surface area contributed by atoms with Gasteiger partial charge in [-0.1, -0.05) is 0 Å². The van der Waals surface area contributed by atoms with Gasteiger partial charge in [-0.2, -0.15) is 10.4 Å². The molecule has 0 aliphatic heterocycles. The Morgan fingerprint density at radius 1 is 1.36 bits per heavy atom. The molecule has 5 rings (SSSR count). The smallest absolute Gasteiger partial charge is 0.255 e. The molecule has 36 heavy (non-hydrogen) atoms. The highest BCUT2D eigenvalue weighted by atomic mass is 19.1. The second kappa shape index (κ2) is 8.84. The van der Waals surface area contributed by atoms with Crippen LogP contribution in [-0.2, 0) is 0 Å². The monoisotopic (exact) mass is 492 g/mol. The number of alkyl halides is 1. The lowest BCUT2D eigenvalue weighted by molar-refractivity contribution is -0.00177. The van der Waals surface area contributed by atoms with E-state index in [1.807, 2.05) is 12.1 Å². The molecule has 3 aromatic heterocycles. The zero-order chi connectivity index (χ0) is 25.7. The van der Waals surface area contributed by atoms with E-state index in [0.717, 1.165) is 24.8 Å². The van der Waals surface area contributed by atoms with E-state index in [9.17, 15) is 19.4 Å². The number of pyridine rings is 1. The largest absolute Gasteiger partial charge is 0.393 e. The summed E-state index contributed by atoms with van der Waals surface area (Å²) in [6, 6.07) is 9.25. The number of hydrogen-bond donors (Lipinski definition) is 4. The molecule has 2 aliphatic carbocycles. The third-order valence-electron chi connectivity index (χ3n) is 7.44. The van der Waals surface area contributed by atoms with Crippen LogP contribution in [0.4, 0.5) is 10.1 Å². The molecule has 2 aliphatic rings. The summed E-state index contributed by atoms with van der Waals surface area (Å²) in [4.78, 5) is 17.6. The van der Waals surface area contributed by atoms with Gasteiger partial charge in [-0.05, 0) is 69.7 Å². The lowest BCUT2D eigenvalue weighted by atomic mass is 9.91. The molecule has 9 nitrogen and oxygen atoms in total. The van der Waals surface area contributed by atoms with E-state index in [4.69, 9.17) is 5.26 Å². The Bertz CT molecular complexity index is 1360. The molecule has 188 valence electrons. The van der Waals surface area contributed by atoms with Gasteiger partial charge in [0.25, 0.3) is 5.91 Å². The number of halogens is 1. The molecule has 2 fully saturated rings. The Labute approximate surface area is 208 Å². The van der Waals surface area contributed by atoms with Crippen molar-refractivity contribution in [3.05, 3.63) is 47.8 Å². The maximum atomic E-state index is 14.3. The quantitative estimate of drug-likeness (QED) is 0.398. The summed E-state index contributed by atoms with van der Waals surface area (Å²) in [5.74, 6) is -0.270. The molecule has 0 saturated heterocycles. The van der Waals surface area contributed by atoms with Crippen LogP contribution in [0.5, 0.6) is 0 Å². The summed E-state index contributed by atoms with van der Waals surface area (Å²) in [5, 5.41) is 39.9. The Morgan fingerprint density at radius 3 is 2.83 bits per heavy atom. The van der Waals surface area contributed by atoms with E-state index in [1.165, 1.54) is 26.2 Å². The minimum Gasteiger partial charge on any atom is -0.393 e. The fraction of sp³-hybridized carbons (Fsp3) is 0.462. The number of hydrogen-bond acceptors (Lipinski definition) is 7. The summed E-state index contributed by atoms with van der Waals surface area (Å²) in [6.07, 6.45) is 4.10. The van der Waals surface area contributed by atoms with Gasteiger partial charge in [-0.25, -0.2) is 8.91 Å². The van der Waals surface area contributed by atoms with Gasteiger partial charge < -0.3 is 20.8 Å². The highest BCUT2D eigenvalue weighted by molar-refractivity contribution is 6.00. The van der Waals surface area contributed by atoms with E-state index in [0.29, 0.717) is 29.1 Å². The van der Waals surface area contributed by atoms with E-state index < -0.39 is 17.7 Å². The van der Waals surface area contributed by atoms with E-state index in [-0.39, 0.29) is 29.7 Å². The normalized spacial score (nSPS) is 24.0. The van der Waals surface area contributed by atoms with Crippen LogP contribution in [0.1, 0.15) is 55.5 Å². The van der Waals surface area contributed by atoms with Crippen molar-refractivity contribution in [2.24, 2.45) is 5.92 Å². The third kappa shape index (κ3) is 4.40. The number of nitrogens with one attached hydrogen (secondary N) is 2. The molecular weight excluding hydrogens is 463 g/mol. The number of anilines is 1. The summed E-state index contributed by atoms with van der Waals surface area (Å²) < 4.78 is 16.0. The van der Waals surface area contributed by atoms with E-state index >= 15 is 0 Å². The minimum atomic E-state index is -1.64. The first-order valence-electron chi connectivity index (χ1n) is 12.1. The van der Waals surface area contributed by atoms with Crippen LogP contribution in [0.2, 0.25) is 0 Å². The first-order valence-corrected chi connectivity index (χ1v) is 12.1. The molecule has 4 N–H and O–H groups in total. The molecule has 1 amide bonds. The number of rotatable bonds is 7. The van der Waals surface area contributed by atoms with Crippen molar-refractivity contribution in [2.45, 2.75) is 62.9 Å². The standard InChI is InChI=1S/C26H29FN6O3/c1-25(2,36)23(27)14-30-24(35)18-13-29-20(21-4-3-17-7-15(11-28)12-31-33(17)21)8-19(18)32-26-6-5-16(9-26)22(34)10-26/h3-4,7-8,12-13,16,22-23,34,36H,5-6,9-10,14H2,1-2H3,(H,29,32)(H,30,35)/t16-,22-,23+,26-/m0/s1. The van der Waals surface area contributed by atoms with Crippen molar-refractivity contribution < 1.29 is 19.4 Å². The number of nitrogens with zero attached hydrogens (tertiary/aromatic N) is 4. The fourth-order valence-electron chi connectivity index (χ4n) is 5.36. The van der Waals surface area contributed by atoms with Gasteiger partial charge in [0.05, 0.1) is 58.2 Å². The number of amides is 1. The fourth-order valence-corrected chi connectivity index (χ4v) is 5.36. The van der Waals surface area contributed by atoms with Crippen molar-refractivity contribution in [1.82, 2.24) is 19.9 Å². The number of aliphatic hydroxyl groups is 2. The maximum absolute atomic E-state index is 14.3. The molecule has 3 heterocycles. The number of fused-ring (bicyclic) bond motifs is 3. The van der Waals surface area contributed by atoms with E-state index in [2.05, 4.69) is 26.8 Å². The molecule has 2 saturated carbocycles. The molecule has 0 aromatic carbocycles. The second-order valence-electron chi connectivity index (χ2n) is 10.5. The van der Waals surface area contributed by atoms with Crippen molar-refractivity contribution in [3.63, 3.8) is 0 Å². The number of aliphatic hydroxyl groups excluding tert-OH is 1. The molecule has 4 atom stereocenters. The lowest BCUT2D eigenvalue weighted by Gasteiger charge is -2.31. The molecular formula is C26H29FN6O3. The predicted octanol–water partition coefficient (Wildman–Crippen LogP) is 2.82. The number of carbonyl (C=O) groups excluding carboxylic acids is 1. The molecule has 3 aromatic rings. The Balaban J connectivity index is 1.50. The maximum Gasteiger partial charge on any atom is 0.255 e. The second-order valence-corrected chi connectivity index (χ2v) is 10.5. The Morgan fingerprint density at radius 2 is 2.17 bits per heavy atom. The minimum absolute atomic E-state index is 0.239.